The second-order valence-corrected chi connectivity index (χ2v) is 7.70. The summed E-state index contributed by atoms with van der Waals surface area (Å²) in [5.41, 5.74) is 0.728. The lowest BCUT2D eigenvalue weighted by Gasteiger charge is -2.09. The minimum absolute atomic E-state index is 0.0527. The zero-order valence-corrected chi connectivity index (χ0v) is 19.9. The van der Waals surface area contributed by atoms with Gasteiger partial charge in [-0.1, -0.05) is 0 Å². The lowest BCUT2D eigenvalue weighted by molar-refractivity contribution is -0.146. The molecule has 3 amide bonds. The van der Waals surface area contributed by atoms with Crippen LogP contribution in [-0.4, -0.2) is 63.6 Å². The van der Waals surface area contributed by atoms with Crippen LogP contribution in [0.3, 0.4) is 0 Å². The molecule has 3 N–H and O–H groups in total. The molecule has 0 fully saturated rings. The molecular formula is C22H25N3O8S. The molecule has 34 heavy (non-hydrogen) atoms. The molecule has 2 rings (SSSR count). The Hall–Kier alpha value is -3.93. The molecule has 0 bridgehead atoms. The van der Waals surface area contributed by atoms with Gasteiger partial charge in [0.05, 0.1) is 24.2 Å². The van der Waals surface area contributed by atoms with Crippen molar-refractivity contribution >= 4 is 46.0 Å². The molecule has 0 atom stereocenters. The van der Waals surface area contributed by atoms with Crippen molar-refractivity contribution in [3.63, 3.8) is 0 Å². The molecule has 0 aliphatic carbocycles. The number of thiophene rings is 1. The predicted octanol–water partition coefficient (Wildman–Crippen LogP) is 1.51. The third-order valence-corrected chi connectivity index (χ3v) is 5.63. The first-order chi connectivity index (χ1) is 16.2. The van der Waals surface area contributed by atoms with Gasteiger partial charge in [-0.05, 0) is 43.7 Å². The Bertz CT molecular complexity index is 1080. The molecule has 0 aliphatic heterocycles. The SMILES string of the molecule is CCOC(=O)c1c(NC(=O)COC(=O)CNC(=O)c2ccc(OC)cc2)sc(C(=O)NC)c1C. The number of carbonyl (C=O) groups is 5. The van der Waals surface area contributed by atoms with Crippen LogP contribution in [0.5, 0.6) is 5.75 Å². The lowest BCUT2D eigenvalue weighted by Crippen LogP contribution is -2.32. The van der Waals surface area contributed by atoms with Gasteiger partial charge in [-0.3, -0.25) is 19.2 Å². The van der Waals surface area contributed by atoms with Crippen molar-refractivity contribution in [2.24, 2.45) is 0 Å². The summed E-state index contributed by atoms with van der Waals surface area (Å²) in [4.78, 5) is 60.9. The smallest absolute Gasteiger partial charge is 0.341 e. The van der Waals surface area contributed by atoms with Gasteiger partial charge < -0.3 is 30.2 Å². The van der Waals surface area contributed by atoms with Crippen LogP contribution in [0.25, 0.3) is 0 Å². The van der Waals surface area contributed by atoms with Crippen LogP contribution in [0.1, 0.15) is 42.9 Å². The Labute approximate surface area is 199 Å². The lowest BCUT2D eigenvalue weighted by atomic mass is 10.1. The molecule has 1 heterocycles. The van der Waals surface area contributed by atoms with E-state index in [1.165, 1.54) is 26.3 Å². The minimum atomic E-state index is -0.837. The fraction of sp³-hybridized carbons (Fsp3) is 0.318. The molecule has 0 unspecified atom stereocenters. The third kappa shape index (κ3) is 6.78. The van der Waals surface area contributed by atoms with E-state index in [0.29, 0.717) is 16.9 Å². The average molecular weight is 492 g/mol. The molecule has 11 nitrogen and oxygen atoms in total. The number of benzene rings is 1. The molecule has 2 aromatic rings. The minimum Gasteiger partial charge on any atom is -0.497 e. The summed E-state index contributed by atoms with van der Waals surface area (Å²) in [5, 5.41) is 7.42. The summed E-state index contributed by atoms with van der Waals surface area (Å²) in [7, 11) is 2.94. The largest absolute Gasteiger partial charge is 0.497 e. The normalized spacial score (nSPS) is 10.1. The van der Waals surface area contributed by atoms with Crippen LogP contribution >= 0.6 is 11.3 Å². The summed E-state index contributed by atoms with van der Waals surface area (Å²) in [6, 6.07) is 6.27. The van der Waals surface area contributed by atoms with Crippen LogP contribution in [0.2, 0.25) is 0 Å². The van der Waals surface area contributed by atoms with Gasteiger partial charge in [0.1, 0.15) is 17.3 Å². The number of hydrogen-bond acceptors (Lipinski definition) is 9. The van der Waals surface area contributed by atoms with Crippen molar-refractivity contribution in [3.05, 3.63) is 45.8 Å². The molecule has 0 spiro atoms. The highest BCUT2D eigenvalue weighted by atomic mass is 32.1. The highest BCUT2D eigenvalue weighted by molar-refractivity contribution is 7.18. The summed E-state index contributed by atoms with van der Waals surface area (Å²) in [5.74, 6) is -2.61. The second kappa shape index (κ2) is 12.3. The molecule has 0 saturated carbocycles. The Morgan fingerprint density at radius 3 is 2.26 bits per heavy atom. The number of carbonyl (C=O) groups excluding carboxylic acids is 5. The Balaban J connectivity index is 1.94. The van der Waals surface area contributed by atoms with Crippen LogP contribution in [0, 0.1) is 6.92 Å². The first kappa shape index (κ1) is 26.3. The van der Waals surface area contributed by atoms with Crippen LogP contribution in [0.4, 0.5) is 5.00 Å². The topological polar surface area (TPSA) is 149 Å². The van der Waals surface area contributed by atoms with E-state index in [0.717, 1.165) is 11.3 Å². The maximum atomic E-state index is 12.3. The predicted molar refractivity (Wildman–Crippen MR) is 123 cm³/mol. The van der Waals surface area contributed by atoms with E-state index in [2.05, 4.69) is 16.0 Å². The molecule has 1 aromatic carbocycles. The maximum Gasteiger partial charge on any atom is 0.341 e. The fourth-order valence-electron chi connectivity index (χ4n) is 2.74. The summed E-state index contributed by atoms with van der Waals surface area (Å²) >= 11 is 0.899. The Morgan fingerprint density at radius 1 is 1.00 bits per heavy atom. The number of hydrogen-bond donors (Lipinski definition) is 3. The molecule has 0 radical (unpaired) electrons. The molecular weight excluding hydrogens is 466 g/mol. The van der Waals surface area contributed by atoms with Gasteiger partial charge >= 0.3 is 11.9 Å². The van der Waals surface area contributed by atoms with E-state index in [4.69, 9.17) is 14.2 Å². The van der Waals surface area contributed by atoms with Crippen molar-refractivity contribution in [2.75, 3.05) is 39.2 Å². The van der Waals surface area contributed by atoms with Gasteiger partial charge in [0.15, 0.2) is 6.61 Å². The summed E-state index contributed by atoms with van der Waals surface area (Å²) < 4.78 is 14.9. The molecule has 1 aromatic heterocycles. The van der Waals surface area contributed by atoms with Crippen molar-refractivity contribution in [1.82, 2.24) is 10.6 Å². The molecule has 0 aliphatic rings. The van der Waals surface area contributed by atoms with Gasteiger partial charge in [-0.2, -0.15) is 0 Å². The van der Waals surface area contributed by atoms with Gasteiger partial charge in [-0.15, -0.1) is 11.3 Å². The third-order valence-electron chi connectivity index (χ3n) is 4.42. The molecule has 12 heteroatoms. The number of nitrogens with one attached hydrogen (secondary N) is 3. The van der Waals surface area contributed by atoms with Gasteiger partial charge in [0.2, 0.25) is 0 Å². The Morgan fingerprint density at radius 2 is 1.68 bits per heavy atom. The van der Waals surface area contributed by atoms with Crippen molar-refractivity contribution in [3.8, 4) is 5.75 Å². The monoisotopic (exact) mass is 491 g/mol. The quantitative estimate of drug-likeness (QED) is 0.424. The number of anilines is 1. The van der Waals surface area contributed by atoms with Gasteiger partial charge in [-0.25, -0.2) is 4.79 Å². The molecule has 0 saturated heterocycles. The zero-order chi connectivity index (χ0) is 25.3. The van der Waals surface area contributed by atoms with Crippen molar-refractivity contribution in [2.45, 2.75) is 13.8 Å². The van der Waals surface area contributed by atoms with Crippen LogP contribution in [-0.2, 0) is 19.1 Å². The highest BCUT2D eigenvalue weighted by Gasteiger charge is 2.26. The van der Waals surface area contributed by atoms with Gasteiger partial charge in [0.25, 0.3) is 17.7 Å². The van der Waals surface area contributed by atoms with E-state index in [1.807, 2.05) is 0 Å². The van der Waals surface area contributed by atoms with Crippen LogP contribution in [0.15, 0.2) is 24.3 Å². The first-order valence-corrected chi connectivity index (χ1v) is 10.9. The maximum absolute atomic E-state index is 12.3. The summed E-state index contributed by atoms with van der Waals surface area (Å²) in [6.07, 6.45) is 0. The van der Waals surface area contributed by atoms with Crippen molar-refractivity contribution < 1.29 is 38.2 Å². The van der Waals surface area contributed by atoms with Crippen LogP contribution < -0.4 is 20.7 Å². The van der Waals surface area contributed by atoms with E-state index in [9.17, 15) is 24.0 Å². The number of rotatable bonds is 10. The van der Waals surface area contributed by atoms with E-state index >= 15 is 0 Å². The molecule has 182 valence electrons. The zero-order valence-electron chi connectivity index (χ0n) is 19.1. The second-order valence-electron chi connectivity index (χ2n) is 6.68. The summed E-state index contributed by atoms with van der Waals surface area (Å²) in [6.45, 7) is 2.19. The van der Waals surface area contributed by atoms with E-state index < -0.39 is 42.8 Å². The number of ether oxygens (including phenoxy) is 3. The van der Waals surface area contributed by atoms with Gasteiger partial charge in [0, 0.05) is 12.6 Å². The van der Waals surface area contributed by atoms with E-state index in [-0.39, 0.29) is 22.0 Å². The fourth-order valence-corrected chi connectivity index (χ4v) is 3.89. The highest BCUT2D eigenvalue weighted by Crippen LogP contribution is 2.33. The average Bonchev–Trinajstić information content (AvgIpc) is 3.16. The Kier molecular flexibility index (Phi) is 9.56. The first-order valence-electron chi connectivity index (χ1n) is 10.1. The number of methoxy groups -OCH3 is 1. The standard InChI is InChI=1S/C22H25N3O8S/c1-5-32-22(30)17-12(2)18(20(29)23-3)34-21(17)25-15(26)11-33-16(27)10-24-19(28)13-6-8-14(31-4)9-7-13/h6-9H,5,10-11H2,1-4H3,(H,23,29)(H,24,28)(H,25,26). The number of esters is 2. The number of amides is 3. The van der Waals surface area contributed by atoms with Crippen molar-refractivity contribution in [1.29, 1.82) is 0 Å². The van der Waals surface area contributed by atoms with E-state index in [1.54, 1.807) is 26.0 Å².